The van der Waals surface area contributed by atoms with Crippen molar-refractivity contribution in [3.05, 3.63) is 41.1 Å². The van der Waals surface area contributed by atoms with Crippen LogP contribution in [0, 0.1) is 13.8 Å². The van der Waals surface area contributed by atoms with Gasteiger partial charge >= 0.3 is 0 Å². The van der Waals surface area contributed by atoms with Gasteiger partial charge in [-0.1, -0.05) is 12.1 Å². The molecule has 0 spiro atoms. The van der Waals surface area contributed by atoms with Crippen LogP contribution in [0.3, 0.4) is 0 Å². The van der Waals surface area contributed by atoms with Gasteiger partial charge in [-0.3, -0.25) is 4.79 Å². The second-order valence-corrected chi connectivity index (χ2v) is 7.54. The van der Waals surface area contributed by atoms with Crippen molar-refractivity contribution >= 4 is 11.9 Å². The Bertz CT molecular complexity index is 833. The average molecular weight is 367 g/mol. The van der Waals surface area contributed by atoms with E-state index in [1.807, 2.05) is 62.0 Å². The van der Waals surface area contributed by atoms with E-state index < -0.39 is 0 Å². The lowest BCUT2D eigenvalue weighted by Crippen LogP contribution is -2.32. The van der Waals surface area contributed by atoms with Gasteiger partial charge in [0.2, 0.25) is 5.95 Å². The summed E-state index contributed by atoms with van der Waals surface area (Å²) < 4.78 is 0. The number of anilines is 1. The Hall–Kier alpha value is -2.47. The topological polar surface area (TPSA) is 75.4 Å². The van der Waals surface area contributed by atoms with Gasteiger partial charge in [-0.25, -0.2) is 9.97 Å². The normalized spacial score (nSPS) is 17.5. The van der Waals surface area contributed by atoms with E-state index in [4.69, 9.17) is 10.7 Å². The zero-order valence-corrected chi connectivity index (χ0v) is 16.7. The second kappa shape index (κ2) is 8.05. The van der Waals surface area contributed by atoms with Crippen molar-refractivity contribution in [1.82, 2.24) is 14.9 Å². The van der Waals surface area contributed by atoms with Crippen molar-refractivity contribution in [2.45, 2.75) is 39.2 Å². The summed E-state index contributed by atoms with van der Waals surface area (Å²) in [6, 6.07) is 7.96. The number of hydrogen-bond acceptors (Lipinski definition) is 5. The Morgan fingerprint density at radius 3 is 2.70 bits per heavy atom. The highest BCUT2D eigenvalue weighted by atomic mass is 16.2. The molecule has 0 saturated carbocycles. The van der Waals surface area contributed by atoms with Gasteiger partial charge in [0.15, 0.2) is 0 Å². The summed E-state index contributed by atoms with van der Waals surface area (Å²) in [5.74, 6) is 0.744. The molecule has 1 aromatic carbocycles. The minimum atomic E-state index is 0.0715. The van der Waals surface area contributed by atoms with Gasteiger partial charge in [-0.05, 0) is 50.8 Å². The fraction of sp³-hybridized carbons (Fsp3) is 0.476. The van der Waals surface area contributed by atoms with Crippen molar-refractivity contribution < 1.29 is 4.79 Å². The highest BCUT2D eigenvalue weighted by Crippen LogP contribution is 2.26. The van der Waals surface area contributed by atoms with Gasteiger partial charge in [-0.15, -0.1) is 0 Å². The van der Waals surface area contributed by atoms with Crippen molar-refractivity contribution in [3.63, 3.8) is 0 Å². The minimum Gasteiger partial charge on any atom is -0.347 e. The van der Waals surface area contributed by atoms with Crippen molar-refractivity contribution in [1.29, 1.82) is 0 Å². The van der Waals surface area contributed by atoms with Gasteiger partial charge in [-0.2, -0.15) is 0 Å². The van der Waals surface area contributed by atoms with Gasteiger partial charge in [0.05, 0.1) is 5.69 Å². The molecule has 6 heteroatoms. The van der Waals surface area contributed by atoms with Crippen molar-refractivity contribution in [2.24, 2.45) is 5.73 Å². The number of aryl methyl sites for hydroxylation is 1. The average Bonchev–Trinajstić information content (AvgIpc) is 2.87. The van der Waals surface area contributed by atoms with E-state index in [1.165, 1.54) is 0 Å². The molecular formula is C21H29N5O. The maximum atomic E-state index is 13.0. The monoisotopic (exact) mass is 367 g/mol. The summed E-state index contributed by atoms with van der Waals surface area (Å²) in [7, 11) is 3.86. The summed E-state index contributed by atoms with van der Waals surface area (Å²) >= 11 is 0. The SMILES string of the molecule is Cc1nc(N(C)C)nc(-c2cccc(C(=O)N3CCC[C@H](N)CC3)c2)c1C. The molecule has 2 N–H and O–H groups in total. The second-order valence-electron chi connectivity index (χ2n) is 7.54. The lowest BCUT2D eigenvalue weighted by atomic mass is 10.0. The van der Waals surface area contributed by atoms with Gasteiger partial charge in [0.25, 0.3) is 5.91 Å². The molecule has 2 aromatic rings. The molecular weight excluding hydrogens is 338 g/mol. The summed E-state index contributed by atoms with van der Waals surface area (Å²) in [4.78, 5) is 26.1. The fourth-order valence-corrected chi connectivity index (χ4v) is 3.40. The largest absolute Gasteiger partial charge is 0.347 e. The first-order valence-electron chi connectivity index (χ1n) is 9.54. The third-order valence-corrected chi connectivity index (χ3v) is 5.22. The maximum Gasteiger partial charge on any atom is 0.253 e. The Morgan fingerprint density at radius 2 is 1.96 bits per heavy atom. The van der Waals surface area contributed by atoms with Gasteiger partial charge in [0.1, 0.15) is 0 Å². The number of benzene rings is 1. The first-order valence-corrected chi connectivity index (χ1v) is 9.54. The van der Waals surface area contributed by atoms with E-state index in [0.717, 1.165) is 54.9 Å². The van der Waals surface area contributed by atoms with Crippen LogP contribution in [0.15, 0.2) is 24.3 Å². The molecule has 6 nitrogen and oxygen atoms in total. The number of nitrogens with zero attached hydrogens (tertiary/aromatic N) is 4. The summed E-state index contributed by atoms with van der Waals surface area (Å²) in [5.41, 5.74) is 10.5. The quantitative estimate of drug-likeness (QED) is 0.903. The van der Waals surface area contributed by atoms with E-state index >= 15 is 0 Å². The summed E-state index contributed by atoms with van der Waals surface area (Å²) in [5, 5.41) is 0. The summed E-state index contributed by atoms with van der Waals surface area (Å²) in [6.45, 7) is 5.51. The highest BCUT2D eigenvalue weighted by Gasteiger charge is 2.21. The first kappa shape index (κ1) is 19.3. The van der Waals surface area contributed by atoms with E-state index in [-0.39, 0.29) is 11.9 Å². The van der Waals surface area contributed by atoms with Crippen LogP contribution in [0.1, 0.15) is 40.9 Å². The number of nitrogens with two attached hydrogens (primary N) is 1. The van der Waals surface area contributed by atoms with Crippen LogP contribution in [-0.2, 0) is 0 Å². The molecule has 0 unspecified atom stereocenters. The van der Waals surface area contributed by atoms with E-state index in [1.54, 1.807) is 0 Å². The van der Waals surface area contributed by atoms with E-state index in [0.29, 0.717) is 11.5 Å². The van der Waals surface area contributed by atoms with Crippen LogP contribution in [0.2, 0.25) is 0 Å². The van der Waals surface area contributed by atoms with Gasteiger partial charge < -0.3 is 15.5 Å². The van der Waals surface area contributed by atoms with Crippen LogP contribution in [0.4, 0.5) is 5.95 Å². The molecule has 27 heavy (non-hydrogen) atoms. The predicted octanol–water partition coefficient (Wildman–Crippen LogP) is 2.78. The Kier molecular flexibility index (Phi) is 5.75. The molecule has 1 amide bonds. The molecule has 1 saturated heterocycles. The number of likely N-dealkylation sites (tertiary alicyclic amines) is 1. The third-order valence-electron chi connectivity index (χ3n) is 5.22. The third kappa shape index (κ3) is 4.27. The highest BCUT2D eigenvalue weighted by molar-refractivity contribution is 5.95. The van der Waals surface area contributed by atoms with Crippen LogP contribution >= 0.6 is 0 Å². The smallest absolute Gasteiger partial charge is 0.253 e. The number of aromatic nitrogens is 2. The number of carbonyl (C=O) groups excluding carboxylic acids is 1. The Morgan fingerprint density at radius 1 is 1.19 bits per heavy atom. The lowest BCUT2D eigenvalue weighted by molar-refractivity contribution is 0.0761. The van der Waals surface area contributed by atoms with E-state index in [9.17, 15) is 4.79 Å². The predicted molar refractivity (Wildman–Crippen MR) is 109 cm³/mol. The zero-order valence-electron chi connectivity index (χ0n) is 16.7. The standard InChI is InChI=1S/C21H29N5O/c1-14-15(2)23-21(25(3)4)24-19(14)16-7-5-8-17(13-16)20(27)26-11-6-9-18(22)10-12-26/h5,7-8,13,18H,6,9-12,22H2,1-4H3/t18-/m0/s1. The van der Waals surface area contributed by atoms with E-state index in [2.05, 4.69) is 4.98 Å². The number of carbonyl (C=O) groups is 1. The lowest BCUT2D eigenvalue weighted by Gasteiger charge is -2.21. The molecule has 1 aliphatic heterocycles. The molecule has 1 aliphatic rings. The van der Waals surface area contributed by atoms with Crippen LogP contribution in [-0.4, -0.2) is 54.0 Å². The molecule has 3 rings (SSSR count). The number of hydrogen-bond donors (Lipinski definition) is 1. The molecule has 1 aromatic heterocycles. The van der Waals surface area contributed by atoms with Crippen LogP contribution in [0.25, 0.3) is 11.3 Å². The van der Waals surface area contributed by atoms with Crippen LogP contribution < -0.4 is 10.6 Å². The molecule has 0 aliphatic carbocycles. The van der Waals surface area contributed by atoms with Crippen LogP contribution in [0.5, 0.6) is 0 Å². The Balaban J connectivity index is 1.93. The zero-order chi connectivity index (χ0) is 19.6. The summed E-state index contributed by atoms with van der Waals surface area (Å²) in [6.07, 6.45) is 2.81. The molecule has 0 radical (unpaired) electrons. The molecule has 2 heterocycles. The molecule has 0 bridgehead atoms. The van der Waals surface area contributed by atoms with Crippen molar-refractivity contribution in [2.75, 3.05) is 32.1 Å². The molecule has 1 atom stereocenters. The molecule has 1 fully saturated rings. The minimum absolute atomic E-state index is 0.0715. The number of amides is 1. The maximum absolute atomic E-state index is 13.0. The number of rotatable bonds is 3. The Labute approximate surface area is 161 Å². The first-order chi connectivity index (χ1) is 12.9. The molecule has 144 valence electrons. The fourth-order valence-electron chi connectivity index (χ4n) is 3.40. The van der Waals surface area contributed by atoms with Gasteiger partial charge in [0, 0.05) is 50.0 Å². The van der Waals surface area contributed by atoms with Crippen molar-refractivity contribution in [3.8, 4) is 11.3 Å².